The molecule has 4 heteroatoms. The number of amides is 1. The summed E-state index contributed by atoms with van der Waals surface area (Å²) >= 11 is 0. The van der Waals surface area contributed by atoms with E-state index in [1.807, 2.05) is 0 Å². The van der Waals surface area contributed by atoms with Gasteiger partial charge in [0, 0.05) is 13.1 Å². The van der Waals surface area contributed by atoms with Gasteiger partial charge in [0.15, 0.2) is 0 Å². The lowest BCUT2D eigenvalue weighted by molar-refractivity contribution is -0.131. The number of nitrogens with one attached hydrogen (secondary N) is 2. The lowest BCUT2D eigenvalue weighted by Gasteiger charge is -2.34. The van der Waals surface area contributed by atoms with Crippen LogP contribution in [0.2, 0.25) is 0 Å². The lowest BCUT2D eigenvalue weighted by Crippen LogP contribution is -2.49. The molecule has 2 rings (SSSR count). The molecule has 19 heavy (non-hydrogen) atoms. The van der Waals surface area contributed by atoms with Gasteiger partial charge in [-0.3, -0.25) is 4.79 Å². The first-order valence-corrected chi connectivity index (χ1v) is 7.59. The predicted octanol–water partition coefficient (Wildman–Crippen LogP) is 2.74. The molecule has 0 aromatic heterocycles. The Labute approximate surface area is 123 Å². The van der Waals surface area contributed by atoms with Gasteiger partial charge in [-0.1, -0.05) is 19.8 Å². The summed E-state index contributed by atoms with van der Waals surface area (Å²) in [4.78, 5) is 12.3. The number of carbonyl (C=O) groups excluding carboxylic acids is 1. The van der Waals surface area contributed by atoms with Gasteiger partial charge in [0.05, 0.1) is 5.41 Å². The van der Waals surface area contributed by atoms with Gasteiger partial charge < -0.3 is 10.6 Å². The van der Waals surface area contributed by atoms with Gasteiger partial charge in [-0.05, 0) is 51.0 Å². The predicted molar refractivity (Wildman–Crippen MR) is 81.6 cm³/mol. The van der Waals surface area contributed by atoms with Crippen LogP contribution in [0.15, 0.2) is 0 Å². The van der Waals surface area contributed by atoms with Crippen LogP contribution in [0.1, 0.15) is 52.4 Å². The van der Waals surface area contributed by atoms with Crippen molar-refractivity contribution in [3.8, 4) is 0 Å². The Bertz CT molecular complexity index is 282. The molecule has 1 saturated carbocycles. The topological polar surface area (TPSA) is 41.1 Å². The average Bonchev–Trinajstić information content (AvgIpc) is 2.38. The lowest BCUT2D eigenvalue weighted by atomic mass is 9.80. The van der Waals surface area contributed by atoms with Gasteiger partial charge in [-0.15, -0.1) is 12.4 Å². The molecule has 0 aromatic rings. The minimum Gasteiger partial charge on any atom is -0.355 e. The van der Waals surface area contributed by atoms with E-state index in [9.17, 15) is 4.79 Å². The average molecular weight is 289 g/mol. The molecule has 1 atom stereocenters. The fourth-order valence-corrected chi connectivity index (χ4v) is 3.23. The second-order valence-corrected chi connectivity index (χ2v) is 6.68. The summed E-state index contributed by atoms with van der Waals surface area (Å²) < 4.78 is 0. The van der Waals surface area contributed by atoms with Crippen molar-refractivity contribution in [2.75, 3.05) is 19.6 Å². The SMILES string of the molecule is CC1CCC(CNC(=O)C2(C)CCCNC2)CC1.Cl. The zero-order valence-electron chi connectivity index (χ0n) is 12.3. The van der Waals surface area contributed by atoms with E-state index < -0.39 is 0 Å². The van der Waals surface area contributed by atoms with E-state index in [1.165, 1.54) is 25.7 Å². The van der Waals surface area contributed by atoms with Crippen molar-refractivity contribution in [3.63, 3.8) is 0 Å². The van der Waals surface area contributed by atoms with E-state index in [-0.39, 0.29) is 23.7 Å². The van der Waals surface area contributed by atoms with Crippen LogP contribution >= 0.6 is 12.4 Å². The highest BCUT2D eigenvalue weighted by Crippen LogP contribution is 2.29. The monoisotopic (exact) mass is 288 g/mol. The first kappa shape index (κ1) is 16.8. The minimum atomic E-state index is -0.180. The third-order valence-corrected chi connectivity index (χ3v) is 4.83. The molecule has 112 valence electrons. The Balaban J connectivity index is 0.00000180. The van der Waals surface area contributed by atoms with Crippen LogP contribution in [-0.2, 0) is 4.79 Å². The normalized spacial score (nSPS) is 35.3. The molecule has 0 bridgehead atoms. The summed E-state index contributed by atoms with van der Waals surface area (Å²) in [6.07, 6.45) is 7.38. The van der Waals surface area contributed by atoms with Crippen LogP contribution in [0.3, 0.4) is 0 Å². The van der Waals surface area contributed by atoms with E-state index in [1.54, 1.807) is 0 Å². The van der Waals surface area contributed by atoms with E-state index in [0.717, 1.165) is 38.4 Å². The summed E-state index contributed by atoms with van der Waals surface area (Å²) in [6, 6.07) is 0. The van der Waals surface area contributed by atoms with Crippen LogP contribution in [-0.4, -0.2) is 25.5 Å². The van der Waals surface area contributed by atoms with Gasteiger partial charge in [0.25, 0.3) is 0 Å². The molecule has 1 aliphatic heterocycles. The molecule has 0 aromatic carbocycles. The standard InChI is InChI=1S/C15H28N2O.ClH/c1-12-4-6-13(7-5-12)10-17-14(18)15(2)8-3-9-16-11-15;/h12-13,16H,3-11H2,1-2H3,(H,17,18);1H. The van der Waals surface area contributed by atoms with Crippen LogP contribution in [0.25, 0.3) is 0 Å². The Morgan fingerprint density at radius 3 is 2.58 bits per heavy atom. The van der Waals surface area contributed by atoms with Crippen molar-refractivity contribution < 1.29 is 4.79 Å². The molecular weight excluding hydrogens is 260 g/mol. The quantitative estimate of drug-likeness (QED) is 0.838. The fourth-order valence-electron chi connectivity index (χ4n) is 3.23. The maximum absolute atomic E-state index is 12.3. The summed E-state index contributed by atoms with van der Waals surface area (Å²) in [5.74, 6) is 1.86. The van der Waals surface area contributed by atoms with Crippen molar-refractivity contribution in [2.24, 2.45) is 17.3 Å². The van der Waals surface area contributed by atoms with Gasteiger partial charge in [-0.25, -0.2) is 0 Å². The van der Waals surface area contributed by atoms with Crippen LogP contribution in [0.5, 0.6) is 0 Å². The second-order valence-electron chi connectivity index (χ2n) is 6.68. The van der Waals surface area contributed by atoms with Crippen molar-refractivity contribution in [1.82, 2.24) is 10.6 Å². The third kappa shape index (κ3) is 4.64. The van der Waals surface area contributed by atoms with Crippen LogP contribution in [0, 0.1) is 17.3 Å². The highest BCUT2D eigenvalue weighted by molar-refractivity contribution is 5.85. The minimum absolute atomic E-state index is 0. The van der Waals surface area contributed by atoms with Gasteiger partial charge in [0.1, 0.15) is 0 Å². The third-order valence-electron chi connectivity index (χ3n) is 4.83. The highest BCUT2D eigenvalue weighted by Gasteiger charge is 2.34. The van der Waals surface area contributed by atoms with Gasteiger partial charge >= 0.3 is 0 Å². The first-order valence-electron chi connectivity index (χ1n) is 7.59. The maximum atomic E-state index is 12.3. The van der Waals surface area contributed by atoms with E-state index in [2.05, 4.69) is 24.5 Å². The zero-order chi connectivity index (χ0) is 13.0. The molecule has 2 fully saturated rings. The molecule has 0 spiro atoms. The molecule has 1 heterocycles. The van der Waals surface area contributed by atoms with Crippen molar-refractivity contribution in [1.29, 1.82) is 0 Å². The van der Waals surface area contributed by atoms with Crippen molar-refractivity contribution in [3.05, 3.63) is 0 Å². The van der Waals surface area contributed by atoms with Crippen LogP contribution in [0.4, 0.5) is 0 Å². The molecular formula is C15H29ClN2O. The molecule has 0 radical (unpaired) electrons. The Morgan fingerprint density at radius 2 is 2.00 bits per heavy atom. The Hall–Kier alpha value is -0.280. The van der Waals surface area contributed by atoms with Crippen molar-refractivity contribution in [2.45, 2.75) is 52.4 Å². The number of hydrogen-bond acceptors (Lipinski definition) is 2. The van der Waals surface area contributed by atoms with E-state index in [0.29, 0.717) is 5.92 Å². The molecule has 2 N–H and O–H groups in total. The Kier molecular flexibility index (Phi) is 6.61. The number of carbonyl (C=O) groups is 1. The van der Waals surface area contributed by atoms with E-state index in [4.69, 9.17) is 0 Å². The largest absolute Gasteiger partial charge is 0.355 e. The molecule has 3 nitrogen and oxygen atoms in total. The number of rotatable bonds is 3. The van der Waals surface area contributed by atoms with Gasteiger partial charge in [0.2, 0.25) is 5.91 Å². The first-order chi connectivity index (χ1) is 8.60. The van der Waals surface area contributed by atoms with Gasteiger partial charge in [-0.2, -0.15) is 0 Å². The maximum Gasteiger partial charge on any atom is 0.227 e. The fraction of sp³-hybridized carbons (Fsp3) is 0.933. The molecule has 1 saturated heterocycles. The Morgan fingerprint density at radius 1 is 1.32 bits per heavy atom. The number of halogens is 1. The molecule has 1 aliphatic carbocycles. The summed E-state index contributed by atoms with van der Waals surface area (Å²) in [6.45, 7) is 7.21. The zero-order valence-corrected chi connectivity index (χ0v) is 13.2. The number of hydrogen-bond donors (Lipinski definition) is 2. The molecule has 1 amide bonds. The molecule has 1 unspecified atom stereocenters. The second kappa shape index (κ2) is 7.49. The van der Waals surface area contributed by atoms with Crippen molar-refractivity contribution >= 4 is 18.3 Å². The van der Waals surface area contributed by atoms with Crippen LogP contribution < -0.4 is 10.6 Å². The number of piperidine rings is 1. The summed E-state index contributed by atoms with van der Waals surface area (Å²) in [5.41, 5.74) is -0.180. The molecule has 2 aliphatic rings. The van der Waals surface area contributed by atoms with E-state index >= 15 is 0 Å². The highest BCUT2D eigenvalue weighted by atomic mass is 35.5. The summed E-state index contributed by atoms with van der Waals surface area (Å²) in [7, 11) is 0. The smallest absolute Gasteiger partial charge is 0.227 e. The summed E-state index contributed by atoms with van der Waals surface area (Å²) in [5, 5.41) is 6.54.